The number of nitrogens with zero attached hydrogens (tertiary/aromatic N) is 4. The lowest BCUT2D eigenvalue weighted by molar-refractivity contribution is 0.171. The Morgan fingerprint density at radius 1 is 1.32 bits per heavy atom. The van der Waals surface area contributed by atoms with Gasteiger partial charge in [0.25, 0.3) is 10.0 Å². The average molecular weight is 345 g/mol. The van der Waals surface area contributed by atoms with Crippen LogP contribution in [0.2, 0.25) is 5.15 Å². The van der Waals surface area contributed by atoms with Crippen LogP contribution >= 0.6 is 11.6 Å². The summed E-state index contributed by atoms with van der Waals surface area (Å²) >= 11 is 6.01. The van der Waals surface area contributed by atoms with E-state index >= 15 is 0 Å². The lowest BCUT2D eigenvalue weighted by Gasteiger charge is -2.33. The van der Waals surface area contributed by atoms with E-state index in [0.717, 1.165) is 5.76 Å². The smallest absolute Gasteiger partial charge is 0.263 e. The number of furan rings is 1. The van der Waals surface area contributed by atoms with E-state index in [4.69, 9.17) is 16.0 Å². The first-order chi connectivity index (χ1) is 10.5. The number of aryl methyl sites for hydroxylation is 1. The number of piperazine rings is 1. The van der Waals surface area contributed by atoms with Crippen molar-refractivity contribution < 1.29 is 12.8 Å². The monoisotopic (exact) mass is 344 g/mol. The fourth-order valence-corrected chi connectivity index (χ4v) is 4.25. The normalized spacial score (nSPS) is 17.9. The van der Waals surface area contributed by atoms with Crippen molar-refractivity contribution in [2.24, 2.45) is 7.05 Å². The fourth-order valence-electron chi connectivity index (χ4n) is 2.44. The molecule has 7 nitrogen and oxygen atoms in total. The van der Waals surface area contributed by atoms with Gasteiger partial charge in [0.1, 0.15) is 10.9 Å². The Balaban J connectivity index is 1.67. The third kappa shape index (κ3) is 2.91. The molecule has 22 heavy (non-hydrogen) atoms. The summed E-state index contributed by atoms with van der Waals surface area (Å²) in [5.41, 5.74) is 0. The SMILES string of the molecule is Cn1cnc(S(=O)(=O)N2CCN(Cc3ccco3)CC2)c1Cl. The van der Waals surface area contributed by atoms with Crippen molar-refractivity contribution >= 4 is 21.6 Å². The van der Waals surface area contributed by atoms with E-state index < -0.39 is 10.0 Å². The maximum atomic E-state index is 12.6. The van der Waals surface area contributed by atoms with Crippen molar-refractivity contribution in [2.45, 2.75) is 11.6 Å². The van der Waals surface area contributed by atoms with Crippen LogP contribution < -0.4 is 0 Å². The van der Waals surface area contributed by atoms with Gasteiger partial charge in [0.2, 0.25) is 5.03 Å². The van der Waals surface area contributed by atoms with E-state index in [0.29, 0.717) is 32.7 Å². The van der Waals surface area contributed by atoms with Crippen molar-refractivity contribution in [1.82, 2.24) is 18.8 Å². The molecule has 3 rings (SSSR count). The summed E-state index contributed by atoms with van der Waals surface area (Å²) in [7, 11) is -1.98. The average Bonchev–Trinajstić information content (AvgIpc) is 3.11. The molecule has 0 aromatic carbocycles. The third-order valence-electron chi connectivity index (χ3n) is 3.71. The Morgan fingerprint density at radius 2 is 2.05 bits per heavy atom. The molecule has 1 saturated heterocycles. The molecule has 0 unspecified atom stereocenters. The maximum Gasteiger partial charge on any atom is 0.263 e. The standard InChI is InChI=1S/C13H17ClN4O3S/c1-16-10-15-13(12(16)14)22(19,20)18-6-4-17(5-7-18)9-11-3-2-8-21-11/h2-3,8,10H,4-7,9H2,1H3. The second kappa shape index (κ2) is 6.04. The first kappa shape index (κ1) is 15.5. The van der Waals surface area contributed by atoms with Crippen LogP contribution in [-0.4, -0.2) is 53.4 Å². The predicted octanol–water partition coefficient (Wildman–Crippen LogP) is 1.17. The van der Waals surface area contributed by atoms with Crippen LogP contribution in [0.4, 0.5) is 0 Å². The highest BCUT2D eigenvalue weighted by Gasteiger charge is 2.32. The second-order valence-electron chi connectivity index (χ2n) is 5.21. The van der Waals surface area contributed by atoms with Crippen LogP contribution in [0, 0.1) is 0 Å². The highest BCUT2D eigenvalue weighted by atomic mass is 35.5. The van der Waals surface area contributed by atoms with Crippen LogP contribution in [0.15, 0.2) is 34.2 Å². The van der Waals surface area contributed by atoms with E-state index in [1.54, 1.807) is 13.3 Å². The fraction of sp³-hybridized carbons (Fsp3) is 0.462. The number of hydrogen-bond acceptors (Lipinski definition) is 5. The van der Waals surface area contributed by atoms with Gasteiger partial charge in [0.15, 0.2) is 0 Å². The zero-order chi connectivity index (χ0) is 15.7. The van der Waals surface area contributed by atoms with Crippen molar-refractivity contribution in [3.05, 3.63) is 35.6 Å². The minimum atomic E-state index is -3.64. The van der Waals surface area contributed by atoms with Crippen LogP contribution in [0.5, 0.6) is 0 Å². The number of sulfonamides is 1. The van der Waals surface area contributed by atoms with Gasteiger partial charge in [-0.2, -0.15) is 4.31 Å². The van der Waals surface area contributed by atoms with E-state index in [2.05, 4.69) is 9.88 Å². The van der Waals surface area contributed by atoms with Gasteiger partial charge in [-0.25, -0.2) is 13.4 Å². The molecule has 0 aliphatic carbocycles. The van der Waals surface area contributed by atoms with Gasteiger partial charge in [-0.1, -0.05) is 11.6 Å². The lowest BCUT2D eigenvalue weighted by Crippen LogP contribution is -2.48. The number of imidazole rings is 1. The Labute approximate surface area is 134 Å². The molecule has 0 N–H and O–H groups in total. The molecule has 0 bridgehead atoms. The molecule has 120 valence electrons. The second-order valence-corrected chi connectivity index (χ2v) is 7.42. The molecule has 0 atom stereocenters. The minimum absolute atomic E-state index is 0.0730. The van der Waals surface area contributed by atoms with Crippen LogP contribution in [0.25, 0.3) is 0 Å². The van der Waals surface area contributed by atoms with Gasteiger partial charge in [-0.15, -0.1) is 0 Å². The molecule has 0 radical (unpaired) electrons. The highest BCUT2D eigenvalue weighted by molar-refractivity contribution is 7.89. The van der Waals surface area contributed by atoms with Gasteiger partial charge in [-0.05, 0) is 12.1 Å². The first-order valence-corrected chi connectivity index (χ1v) is 8.72. The van der Waals surface area contributed by atoms with Crippen molar-refractivity contribution in [2.75, 3.05) is 26.2 Å². The third-order valence-corrected chi connectivity index (χ3v) is 6.10. The Hall–Kier alpha value is -1.35. The van der Waals surface area contributed by atoms with Gasteiger partial charge >= 0.3 is 0 Å². The van der Waals surface area contributed by atoms with E-state index in [1.807, 2.05) is 12.1 Å². The Morgan fingerprint density at radius 3 is 2.59 bits per heavy atom. The van der Waals surface area contributed by atoms with Crippen molar-refractivity contribution in [1.29, 1.82) is 0 Å². The number of rotatable bonds is 4. The molecule has 2 aromatic heterocycles. The summed E-state index contributed by atoms with van der Waals surface area (Å²) in [4.78, 5) is 6.07. The molecule has 3 heterocycles. The molecule has 0 saturated carbocycles. The molecule has 9 heteroatoms. The van der Waals surface area contributed by atoms with E-state index in [-0.39, 0.29) is 10.2 Å². The Bertz CT molecular complexity index is 733. The van der Waals surface area contributed by atoms with Crippen molar-refractivity contribution in [3.8, 4) is 0 Å². The summed E-state index contributed by atoms with van der Waals surface area (Å²) in [6, 6.07) is 3.76. The quantitative estimate of drug-likeness (QED) is 0.832. The van der Waals surface area contributed by atoms with Gasteiger partial charge in [0.05, 0.1) is 19.1 Å². The number of halogens is 1. The van der Waals surface area contributed by atoms with Crippen LogP contribution in [0.3, 0.4) is 0 Å². The molecule has 1 aliphatic rings. The van der Waals surface area contributed by atoms with Gasteiger partial charge < -0.3 is 8.98 Å². The molecular formula is C13H17ClN4O3S. The predicted molar refractivity (Wildman–Crippen MR) is 81.0 cm³/mol. The zero-order valence-corrected chi connectivity index (χ0v) is 13.7. The first-order valence-electron chi connectivity index (χ1n) is 6.90. The van der Waals surface area contributed by atoms with Crippen LogP contribution in [-0.2, 0) is 23.6 Å². The Kier molecular flexibility index (Phi) is 4.26. The number of aromatic nitrogens is 2. The summed E-state index contributed by atoms with van der Waals surface area (Å²) in [6.07, 6.45) is 3.04. The molecule has 1 aliphatic heterocycles. The molecule has 0 spiro atoms. The zero-order valence-electron chi connectivity index (χ0n) is 12.1. The molecular weight excluding hydrogens is 328 g/mol. The molecule has 2 aromatic rings. The van der Waals surface area contributed by atoms with Gasteiger partial charge in [0, 0.05) is 33.2 Å². The summed E-state index contributed by atoms with van der Waals surface area (Å²) < 4.78 is 33.4. The molecule has 1 fully saturated rings. The van der Waals surface area contributed by atoms with Gasteiger partial charge in [-0.3, -0.25) is 4.90 Å². The topological polar surface area (TPSA) is 71.6 Å². The largest absolute Gasteiger partial charge is 0.468 e. The minimum Gasteiger partial charge on any atom is -0.468 e. The van der Waals surface area contributed by atoms with Crippen LogP contribution in [0.1, 0.15) is 5.76 Å². The highest BCUT2D eigenvalue weighted by Crippen LogP contribution is 2.23. The van der Waals surface area contributed by atoms with Crippen molar-refractivity contribution in [3.63, 3.8) is 0 Å². The summed E-state index contributed by atoms with van der Waals surface area (Å²) in [6.45, 7) is 2.80. The lowest BCUT2D eigenvalue weighted by atomic mass is 10.3. The van der Waals surface area contributed by atoms with E-state index in [1.165, 1.54) is 15.2 Å². The molecule has 0 amide bonds. The maximum absolute atomic E-state index is 12.6. The summed E-state index contributed by atoms with van der Waals surface area (Å²) in [5, 5.41) is 0.0640. The van der Waals surface area contributed by atoms with E-state index in [9.17, 15) is 8.42 Å². The summed E-state index contributed by atoms with van der Waals surface area (Å²) in [5.74, 6) is 0.879. The number of hydrogen-bond donors (Lipinski definition) is 0.